The Morgan fingerprint density at radius 1 is 1.11 bits per heavy atom. The second kappa shape index (κ2) is 8.54. The summed E-state index contributed by atoms with van der Waals surface area (Å²) in [5.74, 6) is -0.153. The third kappa shape index (κ3) is 4.59. The molecule has 0 aromatic heterocycles. The molecule has 1 saturated heterocycles. The average molecular weight is 451 g/mol. The first kappa shape index (κ1) is 20.0. The van der Waals surface area contributed by atoms with E-state index in [4.69, 9.17) is 0 Å². The zero-order valence-electron chi connectivity index (χ0n) is 15.2. The molecule has 2 aromatic rings. The number of sulfonamides is 1. The standard InChI is InChI=1S/C20H23BrN2O3S/c1-22(15-16-7-3-2-4-8-16)20(24)19-9-5-6-14-23(19)27(25,26)18-12-10-17(21)11-13-18/h2-4,7-8,10-13,19H,5-6,9,14-15H2,1H3/t19-/m0/s1. The van der Waals surface area contributed by atoms with Gasteiger partial charge >= 0.3 is 0 Å². The second-order valence-corrected chi connectivity index (χ2v) is 9.57. The molecule has 0 saturated carbocycles. The molecule has 1 heterocycles. The van der Waals surface area contributed by atoms with Crippen molar-refractivity contribution in [3.63, 3.8) is 0 Å². The lowest BCUT2D eigenvalue weighted by molar-refractivity contribution is -0.135. The van der Waals surface area contributed by atoms with Crippen molar-refractivity contribution in [2.24, 2.45) is 0 Å². The van der Waals surface area contributed by atoms with Gasteiger partial charge in [0.25, 0.3) is 0 Å². The topological polar surface area (TPSA) is 57.7 Å². The number of benzene rings is 2. The number of amides is 1. The highest BCUT2D eigenvalue weighted by Crippen LogP contribution is 2.27. The van der Waals surface area contributed by atoms with Crippen molar-refractivity contribution in [2.45, 2.75) is 36.7 Å². The van der Waals surface area contributed by atoms with Crippen LogP contribution in [0.3, 0.4) is 0 Å². The SMILES string of the molecule is CN(Cc1ccccc1)C(=O)[C@@H]1CCCCN1S(=O)(=O)c1ccc(Br)cc1. The summed E-state index contributed by atoms with van der Waals surface area (Å²) in [6.45, 7) is 0.830. The molecule has 1 aliphatic rings. The minimum absolute atomic E-state index is 0.153. The maximum atomic E-state index is 13.1. The number of halogens is 1. The summed E-state index contributed by atoms with van der Waals surface area (Å²) in [4.78, 5) is 14.9. The van der Waals surface area contributed by atoms with Gasteiger partial charge in [-0.05, 0) is 42.7 Å². The Hall–Kier alpha value is -1.70. The second-order valence-electron chi connectivity index (χ2n) is 6.76. The van der Waals surface area contributed by atoms with Crippen LogP contribution in [0.4, 0.5) is 0 Å². The van der Waals surface area contributed by atoms with Gasteiger partial charge in [-0.25, -0.2) is 8.42 Å². The minimum atomic E-state index is -3.71. The van der Waals surface area contributed by atoms with Gasteiger partial charge < -0.3 is 4.90 Å². The fourth-order valence-corrected chi connectivity index (χ4v) is 5.29. The number of hydrogen-bond donors (Lipinski definition) is 0. The number of hydrogen-bond acceptors (Lipinski definition) is 3. The Morgan fingerprint density at radius 2 is 1.78 bits per heavy atom. The van der Waals surface area contributed by atoms with E-state index < -0.39 is 16.1 Å². The quantitative estimate of drug-likeness (QED) is 0.698. The molecule has 0 N–H and O–H groups in total. The average Bonchev–Trinajstić information content (AvgIpc) is 2.68. The number of carbonyl (C=O) groups excluding carboxylic acids is 1. The first-order valence-electron chi connectivity index (χ1n) is 8.96. The van der Waals surface area contributed by atoms with E-state index >= 15 is 0 Å². The van der Waals surface area contributed by atoms with E-state index in [1.807, 2.05) is 30.3 Å². The van der Waals surface area contributed by atoms with Crippen LogP contribution >= 0.6 is 15.9 Å². The van der Waals surface area contributed by atoms with Gasteiger partial charge in [0.2, 0.25) is 15.9 Å². The van der Waals surface area contributed by atoms with Crippen molar-refractivity contribution in [1.29, 1.82) is 0 Å². The van der Waals surface area contributed by atoms with Gasteiger partial charge in [0.15, 0.2) is 0 Å². The van der Waals surface area contributed by atoms with Gasteiger partial charge in [-0.3, -0.25) is 4.79 Å². The molecule has 0 aliphatic carbocycles. The largest absolute Gasteiger partial charge is 0.340 e. The lowest BCUT2D eigenvalue weighted by Crippen LogP contribution is -2.51. The Morgan fingerprint density at radius 3 is 2.44 bits per heavy atom. The highest BCUT2D eigenvalue weighted by molar-refractivity contribution is 9.10. The van der Waals surface area contributed by atoms with Crippen LogP contribution in [0.1, 0.15) is 24.8 Å². The summed E-state index contributed by atoms with van der Waals surface area (Å²) in [5.41, 5.74) is 1.02. The molecule has 1 atom stereocenters. The summed E-state index contributed by atoms with van der Waals surface area (Å²) in [6.07, 6.45) is 2.16. The highest BCUT2D eigenvalue weighted by Gasteiger charge is 2.38. The molecule has 1 fully saturated rings. The molecule has 1 aliphatic heterocycles. The van der Waals surface area contributed by atoms with Gasteiger partial charge in [-0.2, -0.15) is 4.31 Å². The number of rotatable bonds is 5. The molecular weight excluding hydrogens is 428 g/mol. The van der Waals surface area contributed by atoms with Gasteiger partial charge in [-0.1, -0.05) is 52.7 Å². The Bertz CT molecular complexity index is 885. The summed E-state index contributed by atoms with van der Waals surface area (Å²) < 4.78 is 28.5. The molecule has 0 bridgehead atoms. The van der Waals surface area contributed by atoms with Gasteiger partial charge in [-0.15, -0.1) is 0 Å². The van der Waals surface area contributed by atoms with Crippen LogP contribution in [0, 0.1) is 0 Å². The van der Waals surface area contributed by atoms with Crippen LogP contribution in [0.2, 0.25) is 0 Å². The molecular formula is C20H23BrN2O3S. The van der Waals surface area contributed by atoms with Crippen LogP contribution < -0.4 is 0 Å². The summed E-state index contributed by atoms with van der Waals surface area (Å²) in [5, 5.41) is 0. The smallest absolute Gasteiger partial charge is 0.243 e. The molecule has 2 aromatic carbocycles. The Kier molecular flexibility index (Phi) is 6.34. The normalized spacial score (nSPS) is 18.2. The van der Waals surface area contributed by atoms with Crippen molar-refractivity contribution in [3.8, 4) is 0 Å². The molecule has 144 valence electrons. The lowest BCUT2D eigenvalue weighted by Gasteiger charge is -2.35. The molecule has 3 rings (SSSR count). The fourth-order valence-electron chi connectivity index (χ4n) is 3.37. The van der Waals surface area contributed by atoms with Gasteiger partial charge in [0.05, 0.1) is 4.90 Å². The number of likely N-dealkylation sites (N-methyl/N-ethyl adjacent to an activating group) is 1. The minimum Gasteiger partial charge on any atom is -0.340 e. The monoisotopic (exact) mass is 450 g/mol. The molecule has 0 unspecified atom stereocenters. The zero-order chi connectivity index (χ0) is 19.4. The zero-order valence-corrected chi connectivity index (χ0v) is 17.6. The van der Waals surface area contributed by atoms with E-state index in [0.717, 1.165) is 22.9 Å². The van der Waals surface area contributed by atoms with Crippen LogP contribution in [0.25, 0.3) is 0 Å². The maximum absolute atomic E-state index is 13.1. The Labute approximate surface area is 169 Å². The molecule has 1 amide bonds. The third-order valence-electron chi connectivity index (χ3n) is 4.80. The van der Waals surface area contributed by atoms with Crippen molar-refractivity contribution in [2.75, 3.05) is 13.6 Å². The van der Waals surface area contributed by atoms with Crippen molar-refractivity contribution in [3.05, 3.63) is 64.6 Å². The maximum Gasteiger partial charge on any atom is 0.243 e. The van der Waals surface area contributed by atoms with E-state index in [-0.39, 0.29) is 10.8 Å². The van der Waals surface area contributed by atoms with E-state index in [2.05, 4.69) is 15.9 Å². The summed E-state index contributed by atoms with van der Waals surface area (Å²) in [6, 6.07) is 15.6. The Balaban J connectivity index is 1.82. The predicted molar refractivity (Wildman–Crippen MR) is 109 cm³/mol. The third-order valence-corrected chi connectivity index (χ3v) is 7.25. The molecule has 0 radical (unpaired) electrons. The number of carbonyl (C=O) groups is 1. The van der Waals surface area contributed by atoms with Crippen LogP contribution in [-0.4, -0.2) is 43.2 Å². The molecule has 5 nitrogen and oxygen atoms in total. The number of piperidine rings is 1. The van der Waals surface area contributed by atoms with E-state index in [0.29, 0.717) is 19.5 Å². The molecule has 0 spiro atoms. The van der Waals surface area contributed by atoms with E-state index in [1.54, 1.807) is 36.2 Å². The summed E-state index contributed by atoms with van der Waals surface area (Å²) in [7, 11) is -1.98. The lowest BCUT2D eigenvalue weighted by atomic mass is 10.0. The summed E-state index contributed by atoms with van der Waals surface area (Å²) >= 11 is 3.32. The van der Waals surface area contributed by atoms with Crippen LogP contribution in [-0.2, 0) is 21.4 Å². The van der Waals surface area contributed by atoms with Crippen LogP contribution in [0.5, 0.6) is 0 Å². The van der Waals surface area contributed by atoms with Crippen molar-refractivity contribution < 1.29 is 13.2 Å². The first-order chi connectivity index (χ1) is 12.9. The number of nitrogens with zero attached hydrogens (tertiary/aromatic N) is 2. The van der Waals surface area contributed by atoms with Gasteiger partial charge in [0, 0.05) is 24.6 Å². The molecule has 27 heavy (non-hydrogen) atoms. The molecule has 7 heteroatoms. The van der Waals surface area contributed by atoms with Crippen molar-refractivity contribution in [1.82, 2.24) is 9.21 Å². The van der Waals surface area contributed by atoms with Crippen molar-refractivity contribution >= 4 is 31.9 Å². The van der Waals surface area contributed by atoms with Gasteiger partial charge in [0.1, 0.15) is 6.04 Å². The highest BCUT2D eigenvalue weighted by atomic mass is 79.9. The van der Waals surface area contributed by atoms with E-state index in [1.165, 1.54) is 4.31 Å². The predicted octanol–water partition coefficient (Wildman–Crippen LogP) is 3.65. The first-order valence-corrected chi connectivity index (χ1v) is 11.2. The van der Waals surface area contributed by atoms with E-state index in [9.17, 15) is 13.2 Å². The fraction of sp³-hybridized carbons (Fsp3) is 0.350. The van der Waals surface area contributed by atoms with Crippen LogP contribution in [0.15, 0.2) is 64.0 Å².